The Hall–Kier alpha value is -2.34. The predicted molar refractivity (Wildman–Crippen MR) is 99.5 cm³/mol. The van der Waals surface area contributed by atoms with E-state index in [2.05, 4.69) is 23.7 Å². The first-order valence-electron chi connectivity index (χ1n) is 9.04. The Morgan fingerprint density at radius 3 is 2.73 bits per heavy atom. The molecule has 1 aromatic heterocycles. The summed E-state index contributed by atoms with van der Waals surface area (Å²) in [4.78, 5) is 23.7. The minimum atomic E-state index is -0.772. The van der Waals surface area contributed by atoms with Gasteiger partial charge in [0.1, 0.15) is 0 Å². The zero-order valence-corrected chi connectivity index (χ0v) is 15.5. The number of methoxy groups -OCH3 is 1. The first kappa shape index (κ1) is 18.5. The van der Waals surface area contributed by atoms with E-state index < -0.39 is 5.97 Å². The third-order valence-corrected chi connectivity index (χ3v) is 5.54. The van der Waals surface area contributed by atoms with Crippen LogP contribution in [0.3, 0.4) is 0 Å². The lowest BCUT2D eigenvalue weighted by atomic mass is 10.1. The van der Waals surface area contributed by atoms with E-state index >= 15 is 0 Å². The van der Waals surface area contributed by atoms with E-state index in [4.69, 9.17) is 9.84 Å². The van der Waals surface area contributed by atoms with Crippen LogP contribution in [0.2, 0.25) is 0 Å². The number of hydrogen-bond donors (Lipinski definition) is 2. The highest BCUT2D eigenvalue weighted by Gasteiger charge is 2.30. The number of nitrogens with zero attached hydrogens (tertiary/aromatic N) is 1. The van der Waals surface area contributed by atoms with Crippen LogP contribution in [0.25, 0.3) is 10.9 Å². The van der Waals surface area contributed by atoms with Crippen LogP contribution in [-0.2, 0) is 16.1 Å². The van der Waals surface area contributed by atoms with Crippen LogP contribution < -0.4 is 5.32 Å². The summed E-state index contributed by atoms with van der Waals surface area (Å²) in [5, 5.41) is 13.2. The molecule has 1 aliphatic rings. The fourth-order valence-corrected chi connectivity index (χ4v) is 3.87. The Morgan fingerprint density at radius 1 is 1.31 bits per heavy atom. The average Bonchev–Trinajstić information content (AvgIpc) is 3.18. The van der Waals surface area contributed by atoms with Gasteiger partial charge in [-0.3, -0.25) is 9.59 Å². The van der Waals surface area contributed by atoms with Gasteiger partial charge in [0.2, 0.25) is 0 Å². The van der Waals surface area contributed by atoms with Gasteiger partial charge in [-0.25, -0.2) is 0 Å². The quantitative estimate of drug-likeness (QED) is 0.832. The number of nitrogens with one attached hydrogen (secondary N) is 1. The molecular formula is C20H26N2O4. The molecule has 0 aliphatic heterocycles. The van der Waals surface area contributed by atoms with Gasteiger partial charge in [-0.15, -0.1) is 0 Å². The number of carboxylic acids is 1. The normalized spacial score (nSPS) is 19.8. The van der Waals surface area contributed by atoms with Crippen molar-refractivity contribution in [2.24, 2.45) is 5.92 Å². The van der Waals surface area contributed by atoms with Gasteiger partial charge >= 0.3 is 5.97 Å². The summed E-state index contributed by atoms with van der Waals surface area (Å²) in [5.41, 5.74) is 4.05. The fourth-order valence-electron chi connectivity index (χ4n) is 3.87. The molecule has 0 saturated heterocycles. The zero-order valence-electron chi connectivity index (χ0n) is 15.5. The summed E-state index contributed by atoms with van der Waals surface area (Å²) in [7, 11) is 1.69. The Kier molecular flexibility index (Phi) is 5.32. The molecule has 2 aromatic rings. The van der Waals surface area contributed by atoms with Crippen molar-refractivity contribution in [2.75, 3.05) is 13.7 Å². The molecule has 3 rings (SSSR count). The highest BCUT2D eigenvalue weighted by atomic mass is 16.5. The molecule has 1 aromatic carbocycles. The molecule has 2 N–H and O–H groups in total. The Bertz CT molecular complexity index is 840. The van der Waals surface area contributed by atoms with Gasteiger partial charge < -0.3 is 19.7 Å². The number of rotatable bonds is 6. The summed E-state index contributed by atoms with van der Waals surface area (Å²) in [6.45, 7) is 5.56. The van der Waals surface area contributed by atoms with E-state index in [0.717, 1.165) is 29.4 Å². The minimum absolute atomic E-state index is 0.0616. The lowest BCUT2D eigenvalue weighted by molar-refractivity contribution is -0.141. The number of benzene rings is 1. The highest BCUT2D eigenvalue weighted by Crippen LogP contribution is 2.28. The summed E-state index contributed by atoms with van der Waals surface area (Å²) in [6, 6.07) is 5.69. The molecule has 1 fully saturated rings. The van der Waals surface area contributed by atoms with Gasteiger partial charge in [0.05, 0.1) is 12.5 Å². The summed E-state index contributed by atoms with van der Waals surface area (Å²) < 4.78 is 7.41. The molecule has 6 nitrogen and oxygen atoms in total. The first-order valence-corrected chi connectivity index (χ1v) is 9.04. The molecule has 1 aliphatic carbocycles. The lowest BCUT2D eigenvalue weighted by Crippen LogP contribution is -2.33. The zero-order chi connectivity index (χ0) is 18.8. The molecular weight excluding hydrogens is 332 g/mol. The van der Waals surface area contributed by atoms with Crippen molar-refractivity contribution in [1.29, 1.82) is 0 Å². The van der Waals surface area contributed by atoms with Crippen molar-refractivity contribution in [3.05, 3.63) is 35.0 Å². The van der Waals surface area contributed by atoms with Crippen molar-refractivity contribution < 1.29 is 19.4 Å². The monoisotopic (exact) mass is 358 g/mol. The number of amides is 1. The number of carboxylic acid groups (broad SMARTS) is 1. The van der Waals surface area contributed by atoms with Crippen LogP contribution in [0.1, 0.15) is 40.9 Å². The number of fused-ring (bicyclic) bond motifs is 1. The van der Waals surface area contributed by atoms with Gasteiger partial charge in [-0.1, -0.05) is 0 Å². The number of ether oxygens (including phenoxy) is 1. The van der Waals surface area contributed by atoms with Crippen LogP contribution in [0.4, 0.5) is 0 Å². The molecule has 0 radical (unpaired) electrons. The van der Waals surface area contributed by atoms with Crippen molar-refractivity contribution >= 4 is 22.8 Å². The maximum Gasteiger partial charge on any atom is 0.306 e. The Labute approximate surface area is 153 Å². The van der Waals surface area contributed by atoms with Gasteiger partial charge in [0, 0.05) is 41.9 Å². The van der Waals surface area contributed by atoms with Crippen LogP contribution >= 0.6 is 0 Å². The van der Waals surface area contributed by atoms with E-state index in [1.807, 2.05) is 18.2 Å². The molecule has 0 unspecified atom stereocenters. The predicted octanol–water partition coefficient (Wildman–Crippen LogP) is 2.89. The smallest absolute Gasteiger partial charge is 0.306 e. The van der Waals surface area contributed by atoms with E-state index in [0.29, 0.717) is 25.0 Å². The van der Waals surface area contributed by atoms with Gasteiger partial charge in [-0.2, -0.15) is 0 Å². The SMILES string of the molecule is COCCn1c(C)c(C)c2cc(C(=O)N[C@@H]3CC[C@H](C(=O)O)C3)ccc21. The van der Waals surface area contributed by atoms with E-state index in [1.54, 1.807) is 7.11 Å². The third kappa shape index (κ3) is 3.46. The highest BCUT2D eigenvalue weighted by molar-refractivity contribution is 5.99. The molecule has 2 atom stereocenters. The largest absolute Gasteiger partial charge is 0.481 e. The maximum atomic E-state index is 12.6. The maximum absolute atomic E-state index is 12.6. The molecule has 0 bridgehead atoms. The standard InChI is InChI=1S/C20H26N2O4/c1-12-13(2)22(8-9-26-3)18-7-5-14(11-17(12)18)19(23)21-16-6-4-15(10-16)20(24)25/h5,7,11,15-16H,4,6,8-10H2,1-3H3,(H,21,23)(H,24,25)/t15-,16+/m0/s1. The topological polar surface area (TPSA) is 80.6 Å². The number of aryl methyl sites for hydroxylation is 1. The van der Waals surface area contributed by atoms with Crippen LogP contribution in [0, 0.1) is 19.8 Å². The molecule has 1 amide bonds. The number of carbonyl (C=O) groups is 2. The van der Waals surface area contributed by atoms with E-state index in [1.165, 1.54) is 5.69 Å². The Balaban J connectivity index is 1.79. The first-order chi connectivity index (χ1) is 12.4. The molecule has 0 spiro atoms. The molecule has 140 valence electrons. The van der Waals surface area contributed by atoms with Gasteiger partial charge in [0.25, 0.3) is 5.91 Å². The summed E-state index contributed by atoms with van der Waals surface area (Å²) in [5.74, 6) is -1.25. The summed E-state index contributed by atoms with van der Waals surface area (Å²) >= 11 is 0. The Morgan fingerprint density at radius 2 is 2.08 bits per heavy atom. The molecule has 1 saturated carbocycles. The second-order valence-electron chi connectivity index (χ2n) is 7.11. The second-order valence-corrected chi connectivity index (χ2v) is 7.11. The van der Waals surface area contributed by atoms with E-state index in [-0.39, 0.29) is 17.9 Å². The number of aliphatic carboxylic acids is 1. The van der Waals surface area contributed by atoms with E-state index in [9.17, 15) is 9.59 Å². The molecule has 1 heterocycles. The van der Waals surface area contributed by atoms with Crippen molar-refractivity contribution in [3.8, 4) is 0 Å². The van der Waals surface area contributed by atoms with Crippen LogP contribution in [-0.4, -0.2) is 41.3 Å². The minimum Gasteiger partial charge on any atom is -0.481 e. The van der Waals surface area contributed by atoms with Crippen molar-refractivity contribution in [1.82, 2.24) is 9.88 Å². The number of aromatic nitrogens is 1. The van der Waals surface area contributed by atoms with Crippen LogP contribution in [0.5, 0.6) is 0 Å². The lowest BCUT2D eigenvalue weighted by Gasteiger charge is -2.13. The molecule has 6 heteroatoms. The van der Waals surface area contributed by atoms with Gasteiger partial charge in [0.15, 0.2) is 0 Å². The number of hydrogen-bond acceptors (Lipinski definition) is 3. The third-order valence-electron chi connectivity index (χ3n) is 5.54. The summed E-state index contributed by atoms with van der Waals surface area (Å²) in [6.07, 6.45) is 1.85. The molecule has 26 heavy (non-hydrogen) atoms. The van der Waals surface area contributed by atoms with Crippen LogP contribution in [0.15, 0.2) is 18.2 Å². The average molecular weight is 358 g/mol. The number of carbonyl (C=O) groups excluding carboxylic acids is 1. The van der Waals surface area contributed by atoms with Crippen molar-refractivity contribution in [2.45, 2.75) is 45.7 Å². The fraction of sp³-hybridized carbons (Fsp3) is 0.500. The van der Waals surface area contributed by atoms with Gasteiger partial charge in [-0.05, 0) is 56.9 Å². The van der Waals surface area contributed by atoms with Crippen molar-refractivity contribution in [3.63, 3.8) is 0 Å². The second kappa shape index (κ2) is 7.50.